The molecule has 0 aromatic carbocycles. The summed E-state index contributed by atoms with van der Waals surface area (Å²) in [5.74, 6) is -2.25. The Kier molecular flexibility index (Phi) is 4.42. The van der Waals surface area contributed by atoms with E-state index >= 15 is 0 Å². The van der Waals surface area contributed by atoms with Crippen LogP contribution in [0.5, 0.6) is 0 Å². The van der Waals surface area contributed by atoms with Gasteiger partial charge in [0.05, 0.1) is 35.8 Å². The maximum absolute atomic E-state index is 12.3. The molecule has 2 fully saturated rings. The highest BCUT2D eigenvalue weighted by atomic mass is 16.6. The normalized spacial score (nSPS) is 34.0. The fourth-order valence-electron chi connectivity index (χ4n) is 2.98. The van der Waals surface area contributed by atoms with Crippen LogP contribution in [0.4, 0.5) is 0 Å². The summed E-state index contributed by atoms with van der Waals surface area (Å²) in [6.07, 6.45) is -0.307. The Balaban J connectivity index is 2.22. The van der Waals surface area contributed by atoms with Crippen LogP contribution in [0.2, 0.25) is 0 Å². The summed E-state index contributed by atoms with van der Waals surface area (Å²) in [6, 6.07) is 4.22. The molecule has 2 aliphatic rings. The lowest BCUT2D eigenvalue weighted by molar-refractivity contribution is -0.176. The SMILES string of the molecule is CCC(C)(C)C(=O)OC1CC(C#N)C(C#N)C2CC(=O)OC12. The molecule has 118 valence electrons. The molecule has 2 rings (SSSR count). The van der Waals surface area contributed by atoms with E-state index in [-0.39, 0.29) is 24.7 Å². The quantitative estimate of drug-likeness (QED) is 0.739. The number of hydrogen-bond donors (Lipinski definition) is 0. The lowest BCUT2D eigenvalue weighted by atomic mass is 9.70. The van der Waals surface area contributed by atoms with Gasteiger partial charge in [-0.05, 0) is 20.3 Å². The monoisotopic (exact) mass is 304 g/mol. The highest BCUT2D eigenvalue weighted by molar-refractivity contribution is 5.76. The first-order valence-electron chi connectivity index (χ1n) is 7.53. The zero-order chi connectivity index (χ0) is 16.5. The Bertz CT molecular complexity index is 557. The minimum atomic E-state index is -0.649. The third-order valence-electron chi connectivity index (χ3n) is 4.85. The van der Waals surface area contributed by atoms with Gasteiger partial charge >= 0.3 is 11.9 Å². The van der Waals surface area contributed by atoms with Crippen LogP contribution in [0.25, 0.3) is 0 Å². The van der Waals surface area contributed by atoms with Crippen LogP contribution in [0.1, 0.15) is 40.0 Å². The Morgan fingerprint density at radius 2 is 2.09 bits per heavy atom. The molecule has 0 amide bonds. The topological polar surface area (TPSA) is 100 Å². The molecule has 0 N–H and O–H groups in total. The molecule has 22 heavy (non-hydrogen) atoms. The number of fused-ring (bicyclic) bond motifs is 1. The number of nitrogens with zero attached hydrogens (tertiary/aromatic N) is 2. The fourth-order valence-corrected chi connectivity index (χ4v) is 2.98. The Morgan fingerprint density at radius 1 is 1.41 bits per heavy atom. The smallest absolute Gasteiger partial charge is 0.311 e. The number of hydrogen-bond acceptors (Lipinski definition) is 6. The van der Waals surface area contributed by atoms with Gasteiger partial charge in [-0.3, -0.25) is 9.59 Å². The molecule has 1 aliphatic carbocycles. The number of esters is 2. The van der Waals surface area contributed by atoms with E-state index in [4.69, 9.17) is 9.47 Å². The molecule has 0 aromatic heterocycles. The minimum Gasteiger partial charge on any atom is -0.458 e. The number of carbonyl (C=O) groups excluding carboxylic acids is 2. The van der Waals surface area contributed by atoms with Crippen molar-refractivity contribution in [2.45, 2.75) is 52.2 Å². The van der Waals surface area contributed by atoms with Crippen molar-refractivity contribution in [3.8, 4) is 12.1 Å². The second-order valence-corrected chi connectivity index (χ2v) is 6.63. The van der Waals surface area contributed by atoms with Gasteiger partial charge in [-0.2, -0.15) is 10.5 Å². The molecular formula is C16H20N2O4. The van der Waals surface area contributed by atoms with Gasteiger partial charge in [0.1, 0.15) is 12.2 Å². The van der Waals surface area contributed by atoms with Crippen molar-refractivity contribution in [2.24, 2.45) is 23.2 Å². The van der Waals surface area contributed by atoms with E-state index < -0.39 is 35.4 Å². The molecule has 0 radical (unpaired) electrons. The van der Waals surface area contributed by atoms with E-state index in [1.54, 1.807) is 13.8 Å². The maximum atomic E-state index is 12.3. The summed E-state index contributed by atoms with van der Waals surface area (Å²) in [6.45, 7) is 5.47. The van der Waals surface area contributed by atoms with Crippen molar-refractivity contribution < 1.29 is 19.1 Å². The molecular weight excluding hydrogens is 284 g/mol. The molecule has 0 spiro atoms. The van der Waals surface area contributed by atoms with Gasteiger partial charge in [0.25, 0.3) is 0 Å². The van der Waals surface area contributed by atoms with Crippen molar-refractivity contribution in [2.75, 3.05) is 0 Å². The predicted octanol–water partition coefficient (Wildman–Crippen LogP) is 1.95. The van der Waals surface area contributed by atoms with Crippen LogP contribution in [0.3, 0.4) is 0 Å². The van der Waals surface area contributed by atoms with E-state index in [0.717, 1.165) is 0 Å². The van der Waals surface area contributed by atoms with Gasteiger partial charge in [0, 0.05) is 12.3 Å². The van der Waals surface area contributed by atoms with Gasteiger partial charge in [0.2, 0.25) is 0 Å². The van der Waals surface area contributed by atoms with Crippen molar-refractivity contribution in [1.82, 2.24) is 0 Å². The van der Waals surface area contributed by atoms with Gasteiger partial charge in [-0.25, -0.2) is 0 Å². The van der Waals surface area contributed by atoms with E-state index in [1.807, 2.05) is 6.92 Å². The Hall–Kier alpha value is -2.08. The summed E-state index contributed by atoms with van der Waals surface area (Å²) < 4.78 is 10.8. The Labute approximate surface area is 130 Å². The fraction of sp³-hybridized carbons (Fsp3) is 0.750. The molecule has 5 unspecified atom stereocenters. The zero-order valence-corrected chi connectivity index (χ0v) is 13.0. The summed E-state index contributed by atoms with van der Waals surface area (Å²) in [7, 11) is 0. The van der Waals surface area contributed by atoms with Crippen molar-refractivity contribution in [3.05, 3.63) is 0 Å². The molecule has 1 saturated heterocycles. The van der Waals surface area contributed by atoms with Crippen LogP contribution < -0.4 is 0 Å². The number of nitriles is 2. The van der Waals surface area contributed by atoms with Crippen molar-refractivity contribution >= 4 is 11.9 Å². The van der Waals surface area contributed by atoms with Gasteiger partial charge in [-0.1, -0.05) is 6.92 Å². The van der Waals surface area contributed by atoms with Gasteiger partial charge in [-0.15, -0.1) is 0 Å². The first-order chi connectivity index (χ1) is 10.3. The van der Waals surface area contributed by atoms with Crippen LogP contribution in [0, 0.1) is 45.8 Å². The largest absolute Gasteiger partial charge is 0.458 e. The molecule has 0 aromatic rings. The number of rotatable bonds is 3. The van der Waals surface area contributed by atoms with Crippen LogP contribution in [-0.4, -0.2) is 24.1 Å². The lowest BCUT2D eigenvalue weighted by Gasteiger charge is -2.38. The molecule has 1 heterocycles. The summed E-state index contributed by atoms with van der Waals surface area (Å²) in [4.78, 5) is 23.9. The molecule has 6 heteroatoms. The van der Waals surface area contributed by atoms with Crippen LogP contribution in [-0.2, 0) is 19.1 Å². The molecule has 0 bridgehead atoms. The maximum Gasteiger partial charge on any atom is 0.311 e. The first-order valence-corrected chi connectivity index (χ1v) is 7.53. The lowest BCUT2D eigenvalue weighted by Crippen LogP contribution is -2.47. The average molecular weight is 304 g/mol. The third-order valence-corrected chi connectivity index (χ3v) is 4.85. The second kappa shape index (κ2) is 5.96. The second-order valence-electron chi connectivity index (χ2n) is 6.63. The molecule has 5 atom stereocenters. The molecule has 6 nitrogen and oxygen atoms in total. The summed E-state index contributed by atoms with van der Waals surface area (Å²) in [5.41, 5.74) is -0.633. The standard InChI is InChI=1S/C16H20N2O4/c1-4-16(2,3)15(20)21-12-5-9(7-17)11(8-18)10-6-13(19)22-14(10)12/h9-12,14H,4-6H2,1-3H3. The minimum absolute atomic E-state index is 0.103. The Morgan fingerprint density at radius 3 is 2.64 bits per heavy atom. The van der Waals surface area contributed by atoms with E-state index in [1.165, 1.54) is 0 Å². The third kappa shape index (κ3) is 2.78. The molecule has 1 saturated carbocycles. The van der Waals surface area contributed by atoms with Crippen molar-refractivity contribution in [3.63, 3.8) is 0 Å². The van der Waals surface area contributed by atoms with Gasteiger partial charge < -0.3 is 9.47 Å². The highest BCUT2D eigenvalue weighted by Crippen LogP contribution is 2.43. The zero-order valence-electron chi connectivity index (χ0n) is 13.0. The van der Waals surface area contributed by atoms with Crippen LogP contribution >= 0.6 is 0 Å². The molecule has 1 aliphatic heterocycles. The van der Waals surface area contributed by atoms with E-state index in [0.29, 0.717) is 6.42 Å². The number of ether oxygens (including phenoxy) is 2. The van der Waals surface area contributed by atoms with Crippen molar-refractivity contribution in [1.29, 1.82) is 10.5 Å². The summed E-state index contributed by atoms with van der Waals surface area (Å²) in [5, 5.41) is 18.6. The first kappa shape index (κ1) is 16.3. The number of carbonyl (C=O) groups is 2. The van der Waals surface area contributed by atoms with E-state index in [2.05, 4.69) is 12.1 Å². The summed E-state index contributed by atoms with van der Waals surface area (Å²) >= 11 is 0. The van der Waals surface area contributed by atoms with Gasteiger partial charge in [0.15, 0.2) is 0 Å². The van der Waals surface area contributed by atoms with Crippen LogP contribution in [0.15, 0.2) is 0 Å². The average Bonchev–Trinajstić information content (AvgIpc) is 2.88. The predicted molar refractivity (Wildman–Crippen MR) is 74.8 cm³/mol. The van der Waals surface area contributed by atoms with E-state index in [9.17, 15) is 20.1 Å². The highest BCUT2D eigenvalue weighted by Gasteiger charge is 2.53.